The van der Waals surface area contributed by atoms with E-state index in [-0.39, 0.29) is 17.3 Å². The lowest BCUT2D eigenvalue weighted by Crippen LogP contribution is -2.15. The average molecular weight is 177 g/mol. The molecule has 1 aromatic rings. The number of aryl methyl sites for hydroxylation is 1. The summed E-state index contributed by atoms with van der Waals surface area (Å²) in [5, 5.41) is 3.53. The molecule has 13 heavy (non-hydrogen) atoms. The first-order valence-corrected chi connectivity index (χ1v) is 3.85. The van der Waals surface area contributed by atoms with E-state index in [1.807, 2.05) is 0 Å². The first-order valence-electron chi connectivity index (χ1n) is 3.85. The molecule has 0 amide bonds. The maximum absolute atomic E-state index is 11.5. The van der Waals surface area contributed by atoms with Crippen molar-refractivity contribution >= 4 is 11.6 Å². The molecule has 0 saturated heterocycles. The Morgan fingerprint density at radius 2 is 2.00 bits per heavy atom. The Morgan fingerprint density at radius 1 is 1.31 bits per heavy atom. The van der Waals surface area contributed by atoms with Crippen LogP contribution in [0.25, 0.3) is 0 Å². The van der Waals surface area contributed by atoms with Gasteiger partial charge in [-0.25, -0.2) is 0 Å². The summed E-state index contributed by atoms with van der Waals surface area (Å²) in [6.07, 6.45) is 1.28. The Labute approximate surface area is 74.2 Å². The van der Waals surface area contributed by atoms with Gasteiger partial charge >= 0.3 is 0 Å². The molecule has 0 atom stereocenters. The Hall–Kier alpha value is -1.71. The molecule has 0 unspecified atom stereocenters. The zero-order valence-corrected chi connectivity index (χ0v) is 7.25. The fourth-order valence-electron chi connectivity index (χ4n) is 1.34. The van der Waals surface area contributed by atoms with Gasteiger partial charge in [0.15, 0.2) is 11.5 Å². The number of ketones is 2. The summed E-state index contributed by atoms with van der Waals surface area (Å²) in [6.45, 7) is 3.23. The molecule has 4 nitrogen and oxygen atoms in total. The van der Waals surface area contributed by atoms with Crippen molar-refractivity contribution < 1.29 is 14.1 Å². The number of rotatable bonds is 0. The summed E-state index contributed by atoms with van der Waals surface area (Å²) >= 11 is 0. The van der Waals surface area contributed by atoms with Crippen molar-refractivity contribution in [1.82, 2.24) is 5.16 Å². The Morgan fingerprint density at radius 3 is 2.69 bits per heavy atom. The standard InChI is InChI=1S/C9H7NO3/c1-4-3-6(11)8-7(9(4)12)5(2)13-10-8/h3H,1-2H3. The second kappa shape index (κ2) is 2.39. The molecule has 2 rings (SSSR count). The monoisotopic (exact) mass is 177 g/mol. The molecule has 1 aromatic heterocycles. The van der Waals surface area contributed by atoms with Gasteiger partial charge in [-0.3, -0.25) is 9.59 Å². The molecule has 1 heterocycles. The number of carbonyl (C=O) groups excluding carboxylic acids is 2. The van der Waals surface area contributed by atoms with Crippen LogP contribution in [0.1, 0.15) is 33.5 Å². The van der Waals surface area contributed by atoms with Crippen molar-refractivity contribution in [2.45, 2.75) is 13.8 Å². The average Bonchev–Trinajstić information content (AvgIpc) is 2.44. The van der Waals surface area contributed by atoms with Crippen LogP contribution in [-0.4, -0.2) is 16.7 Å². The molecule has 0 aromatic carbocycles. The summed E-state index contributed by atoms with van der Waals surface area (Å²) < 4.78 is 4.78. The minimum absolute atomic E-state index is 0.133. The number of Topliss-reactive ketones (excluding diaryl/α,β-unsaturated/α-hetero) is 1. The highest BCUT2D eigenvalue weighted by Crippen LogP contribution is 2.22. The van der Waals surface area contributed by atoms with Crippen molar-refractivity contribution in [2.75, 3.05) is 0 Å². The molecule has 1 aliphatic rings. The quantitative estimate of drug-likeness (QED) is 0.599. The fourth-order valence-corrected chi connectivity index (χ4v) is 1.34. The van der Waals surface area contributed by atoms with Gasteiger partial charge in [0.2, 0.25) is 5.78 Å². The Kier molecular flexibility index (Phi) is 1.45. The summed E-state index contributed by atoms with van der Waals surface area (Å²) in [5.41, 5.74) is 0.877. The summed E-state index contributed by atoms with van der Waals surface area (Å²) in [6, 6.07) is 0. The highest BCUT2D eigenvalue weighted by molar-refractivity contribution is 6.23. The van der Waals surface area contributed by atoms with Crippen LogP contribution >= 0.6 is 0 Å². The molecule has 4 heteroatoms. The SMILES string of the molecule is CC1=CC(=O)c2noc(C)c2C1=O. The topological polar surface area (TPSA) is 60.2 Å². The largest absolute Gasteiger partial charge is 0.360 e. The molecule has 1 aliphatic carbocycles. The summed E-state index contributed by atoms with van der Waals surface area (Å²) in [4.78, 5) is 22.8. The molecule has 0 N–H and O–H groups in total. The number of allylic oxidation sites excluding steroid dienone is 2. The Bertz CT molecular complexity index is 440. The first kappa shape index (κ1) is 7.91. The maximum atomic E-state index is 11.5. The van der Waals surface area contributed by atoms with Crippen LogP contribution in [0, 0.1) is 6.92 Å². The lowest BCUT2D eigenvalue weighted by molar-refractivity contribution is 0.0981. The van der Waals surface area contributed by atoms with Crippen LogP contribution in [0.15, 0.2) is 16.2 Å². The van der Waals surface area contributed by atoms with Crippen LogP contribution in [0.5, 0.6) is 0 Å². The number of hydrogen-bond acceptors (Lipinski definition) is 4. The fraction of sp³-hybridized carbons (Fsp3) is 0.222. The minimum atomic E-state index is -0.260. The van der Waals surface area contributed by atoms with E-state index in [4.69, 9.17) is 4.52 Å². The third-order valence-corrected chi connectivity index (χ3v) is 2.03. The van der Waals surface area contributed by atoms with Crippen LogP contribution < -0.4 is 0 Å². The van der Waals surface area contributed by atoms with Crippen molar-refractivity contribution in [3.8, 4) is 0 Å². The Balaban J connectivity index is 2.72. The molecule has 0 spiro atoms. The molecular weight excluding hydrogens is 170 g/mol. The molecule has 0 fully saturated rings. The molecule has 0 aliphatic heterocycles. The van der Waals surface area contributed by atoms with Crippen molar-refractivity contribution in [1.29, 1.82) is 0 Å². The number of fused-ring (bicyclic) bond motifs is 1. The van der Waals surface area contributed by atoms with E-state index >= 15 is 0 Å². The number of aromatic nitrogens is 1. The van der Waals surface area contributed by atoms with Crippen molar-refractivity contribution in [3.63, 3.8) is 0 Å². The lowest BCUT2D eigenvalue weighted by Gasteiger charge is -2.05. The van der Waals surface area contributed by atoms with E-state index < -0.39 is 0 Å². The van der Waals surface area contributed by atoms with Gasteiger partial charge in [-0.05, 0) is 19.9 Å². The van der Waals surface area contributed by atoms with E-state index in [0.717, 1.165) is 0 Å². The third kappa shape index (κ3) is 0.950. The number of carbonyl (C=O) groups is 2. The van der Waals surface area contributed by atoms with Gasteiger partial charge in [-0.2, -0.15) is 0 Å². The van der Waals surface area contributed by atoms with Crippen molar-refractivity contribution in [3.05, 3.63) is 28.7 Å². The predicted molar refractivity (Wildman–Crippen MR) is 43.7 cm³/mol. The number of nitrogens with zero attached hydrogens (tertiary/aromatic N) is 1. The summed E-state index contributed by atoms with van der Waals surface area (Å²) in [7, 11) is 0. The third-order valence-electron chi connectivity index (χ3n) is 2.03. The van der Waals surface area contributed by atoms with Gasteiger partial charge in [-0.1, -0.05) is 5.16 Å². The number of hydrogen-bond donors (Lipinski definition) is 0. The van der Waals surface area contributed by atoms with Gasteiger partial charge in [0, 0.05) is 5.57 Å². The predicted octanol–water partition coefficient (Wildman–Crippen LogP) is 1.31. The van der Waals surface area contributed by atoms with Gasteiger partial charge in [0.05, 0.1) is 5.56 Å². The maximum Gasteiger partial charge on any atom is 0.208 e. The second-order valence-corrected chi connectivity index (χ2v) is 2.98. The molecule has 66 valence electrons. The highest BCUT2D eigenvalue weighted by atomic mass is 16.5. The van der Waals surface area contributed by atoms with Gasteiger partial charge in [0.25, 0.3) is 0 Å². The molecule has 0 saturated carbocycles. The van der Waals surface area contributed by atoms with E-state index in [1.54, 1.807) is 13.8 Å². The van der Waals surface area contributed by atoms with Crippen LogP contribution in [0.3, 0.4) is 0 Å². The second-order valence-electron chi connectivity index (χ2n) is 2.98. The van der Waals surface area contributed by atoms with Crippen molar-refractivity contribution in [2.24, 2.45) is 0 Å². The van der Waals surface area contributed by atoms with Gasteiger partial charge < -0.3 is 4.52 Å². The van der Waals surface area contributed by atoms with E-state index in [1.165, 1.54) is 6.08 Å². The van der Waals surface area contributed by atoms with Crippen LogP contribution in [0.2, 0.25) is 0 Å². The normalized spacial score (nSPS) is 15.7. The minimum Gasteiger partial charge on any atom is -0.360 e. The van der Waals surface area contributed by atoms with E-state index in [0.29, 0.717) is 16.9 Å². The van der Waals surface area contributed by atoms with Gasteiger partial charge in [0.1, 0.15) is 5.76 Å². The van der Waals surface area contributed by atoms with Crippen LogP contribution in [0.4, 0.5) is 0 Å². The van der Waals surface area contributed by atoms with Gasteiger partial charge in [-0.15, -0.1) is 0 Å². The summed E-state index contributed by atoms with van der Waals surface area (Å²) in [5.74, 6) is -0.0295. The molecule has 0 radical (unpaired) electrons. The molecular formula is C9H7NO3. The molecule has 0 bridgehead atoms. The lowest BCUT2D eigenvalue weighted by atomic mass is 9.94. The van der Waals surface area contributed by atoms with E-state index in [9.17, 15) is 9.59 Å². The van der Waals surface area contributed by atoms with Crippen LogP contribution in [-0.2, 0) is 0 Å². The smallest absolute Gasteiger partial charge is 0.208 e. The zero-order valence-electron chi connectivity index (χ0n) is 7.25. The zero-order chi connectivity index (χ0) is 9.59. The van der Waals surface area contributed by atoms with E-state index in [2.05, 4.69) is 5.16 Å². The first-order chi connectivity index (χ1) is 6.11. The highest BCUT2D eigenvalue weighted by Gasteiger charge is 2.29.